The predicted octanol–water partition coefficient (Wildman–Crippen LogP) is 1.47. The van der Waals surface area contributed by atoms with Gasteiger partial charge < -0.3 is 10.2 Å². The molecule has 0 amide bonds. The molecule has 0 atom stereocenters. The Morgan fingerprint density at radius 1 is 1.36 bits per heavy atom. The van der Waals surface area contributed by atoms with Crippen LogP contribution in [0.4, 0.5) is 13.2 Å². The van der Waals surface area contributed by atoms with Gasteiger partial charge in [0.25, 0.3) is 0 Å². The molecule has 0 rings (SSSR count). The van der Waals surface area contributed by atoms with Gasteiger partial charge in [-0.25, -0.2) is 4.79 Å². The van der Waals surface area contributed by atoms with Crippen LogP contribution in [-0.4, -0.2) is 22.4 Å². The number of hydrogen-bond acceptors (Lipinski definition) is 2. The van der Waals surface area contributed by atoms with Gasteiger partial charge in [0, 0.05) is 0 Å². The van der Waals surface area contributed by atoms with E-state index in [2.05, 4.69) is 0 Å². The topological polar surface area (TPSA) is 57.5 Å². The van der Waals surface area contributed by atoms with Crippen LogP contribution in [0.1, 0.15) is 6.42 Å². The Labute approximate surface area is 59.8 Å². The van der Waals surface area contributed by atoms with Crippen LogP contribution in [0.2, 0.25) is 0 Å². The van der Waals surface area contributed by atoms with E-state index in [-0.39, 0.29) is 6.08 Å². The lowest BCUT2D eigenvalue weighted by Crippen LogP contribution is -2.07. The second-order valence-electron chi connectivity index (χ2n) is 1.71. The Hall–Kier alpha value is -1.20. The van der Waals surface area contributed by atoms with E-state index in [0.29, 0.717) is 0 Å². The molecule has 3 nitrogen and oxygen atoms in total. The highest BCUT2D eigenvalue weighted by Crippen LogP contribution is 2.20. The van der Waals surface area contributed by atoms with Crippen molar-refractivity contribution in [3.8, 4) is 0 Å². The van der Waals surface area contributed by atoms with Gasteiger partial charge in [0.1, 0.15) is 0 Å². The number of alkyl halides is 3. The first-order valence-electron chi connectivity index (χ1n) is 2.52. The Balaban J connectivity index is 4.04. The number of rotatable bonds is 2. The zero-order chi connectivity index (χ0) is 9.07. The Kier molecular flexibility index (Phi) is 2.91. The lowest BCUT2D eigenvalue weighted by Gasteiger charge is -2.00. The summed E-state index contributed by atoms with van der Waals surface area (Å²) < 4.78 is 34.0. The molecule has 0 saturated carbocycles. The van der Waals surface area contributed by atoms with Gasteiger partial charge in [0.15, 0.2) is 5.76 Å². The van der Waals surface area contributed by atoms with E-state index in [1.807, 2.05) is 0 Å². The number of aliphatic carboxylic acids is 1. The molecular formula is C5H5F3O3. The molecule has 64 valence electrons. The zero-order valence-corrected chi connectivity index (χ0v) is 5.22. The van der Waals surface area contributed by atoms with Crippen molar-refractivity contribution in [2.75, 3.05) is 0 Å². The molecule has 0 aromatic rings. The number of halogens is 3. The highest BCUT2D eigenvalue weighted by atomic mass is 19.4. The summed E-state index contributed by atoms with van der Waals surface area (Å²) in [5.41, 5.74) is 0. The largest absolute Gasteiger partial charge is 0.502 e. The average molecular weight is 170 g/mol. The maximum Gasteiger partial charge on any atom is 0.392 e. The highest BCUT2D eigenvalue weighted by molar-refractivity contribution is 5.83. The Morgan fingerprint density at radius 2 is 1.82 bits per heavy atom. The van der Waals surface area contributed by atoms with Crippen LogP contribution in [0.3, 0.4) is 0 Å². The molecule has 0 radical (unpaired) electrons. The van der Waals surface area contributed by atoms with E-state index < -0.39 is 24.3 Å². The lowest BCUT2D eigenvalue weighted by atomic mass is 10.3. The first-order chi connectivity index (χ1) is 4.83. The molecule has 6 heteroatoms. The van der Waals surface area contributed by atoms with Crippen molar-refractivity contribution in [2.45, 2.75) is 12.6 Å². The van der Waals surface area contributed by atoms with Gasteiger partial charge in [-0.2, -0.15) is 13.2 Å². The number of aliphatic hydroxyl groups excluding tert-OH is 1. The number of carboxylic acids is 1. The SMILES string of the molecule is O=C(O)C(O)=CCC(F)(F)F. The smallest absolute Gasteiger partial charge is 0.392 e. The monoisotopic (exact) mass is 170 g/mol. The van der Waals surface area contributed by atoms with Crippen molar-refractivity contribution in [3.63, 3.8) is 0 Å². The lowest BCUT2D eigenvalue weighted by molar-refractivity contribution is -0.136. The van der Waals surface area contributed by atoms with E-state index in [4.69, 9.17) is 10.2 Å². The molecule has 0 aliphatic rings. The molecule has 11 heavy (non-hydrogen) atoms. The summed E-state index contributed by atoms with van der Waals surface area (Å²) in [4.78, 5) is 9.73. The minimum Gasteiger partial charge on any atom is -0.502 e. The summed E-state index contributed by atoms with van der Waals surface area (Å²) >= 11 is 0. The summed E-state index contributed by atoms with van der Waals surface area (Å²) in [6, 6.07) is 0. The van der Waals surface area contributed by atoms with Crippen LogP contribution in [0.15, 0.2) is 11.8 Å². The molecule has 2 N–H and O–H groups in total. The van der Waals surface area contributed by atoms with Crippen LogP contribution < -0.4 is 0 Å². The fraction of sp³-hybridized carbons (Fsp3) is 0.400. The first-order valence-corrected chi connectivity index (χ1v) is 2.52. The van der Waals surface area contributed by atoms with Crippen molar-refractivity contribution >= 4 is 5.97 Å². The van der Waals surface area contributed by atoms with Crippen molar-refractivity contribution < 1.29 is 28.2 Å². The van der Waals surface area contributed by atoms with E-state index in [9.17, 15) is 18.0 Å². The van der Waals surface area contributed by atoms with Crippen molar-refractivity contribution in [1.82, 2.24) is 0 Å². The summed E-state index contributed by atoms with van der Waals surface area (Å²) in [6.45, 7) is 0. The number of aliphatic hydroxyl groups is 1. The van der Waals surface area contributed by atoms with Crippen LogP contribution in [0.5, 0.6) is 0 Å². The zero-order valence-electron chi connectivity index (χ0n) is 5.22. The van der Waals surface area contributed by atoms with Gasteiger partial charge in [0.05, 0.1) is 6.42 Å². The molecular weight excluding hydrogens is 165 g/mol. The van der Waals surface area contributed by atoms with Gasteiger partial charge in [-0.3, -0.25) is 0 Å². The molecule has 0 spiro atoms. The van der Waals surface area contributed by atoms with Gasteiger partial charge in [0.2, 0.25) is 0 Å². The minimum atomic E-state index is -4.48. The van der Waals surface area contributed by atoms with E-state index in [1.54, 1.807) is 0 Å². The third-order valence-corrected chi connectivity index (χ3v) is 0.746. The fourth-order valence-corrected chi connectivity index (χ4v) is 0.300. The summed E-state index contributed by atoms with van der Waals surface area (Å²) in [7, 11) is 0. The molecule has 0 fully saturated rings. The van der Waals surface area contributed by atoms with E-state index in [1.165, 1.54) is 0 Å². The molecule has 0 aromatic heterocycles. The molecule has 0 bridgehead atoms. The fourth-order valence-electron chi connectivity index (χ4n) is 0.300. The number of hydrogen-bond donors (Lipinski definition) is 2. The molecule has 0 aliphatic carbocycles. The van der Waals surface area contributed by atoms with Crippen LogP contribution >= 0.6 is 0 Å². The second-order valence-corrected chi connectivity index (χ2v) is 1.71. The Morgan fingerprint density at radius 3 is 2.09 bits per heavy atom. The number of allylic oxidation sites excluding steroid dienone is 1. The third kappa shape index (κ3) is 5.25. The maximum atomic E-state index is 11.3. The molecule has 0 aliphatic heterocycles. The minimum absolute atomic E-state index is 0.197. The normalized spacial score (nSPS) is 13.2. The molecule has 0 heterocycles. The van der Waals surface area contributed by atoms with E-state index in [0.717, 1.165) is 0 Å². The number of carboxylic acid groups (broad SMARTS) is 1. The van der Waals surface area contributed by atoms with Gasteiger partial charge in [-0.1, -0.05) is 0 Å². The molecule has 0 saturated heterocycles. The first kappa shape index (κ1) is 9.80. The molecule has 0 unspecified atom stereocenters. The quantitative estimate of drug-likeness (QED) is 0.487. The Bertz CT molecular complexity index is 182. The molecule has 0 aromatic carbocycles. The summed E-state index contributed by atoms with van der Waals surface area (Å²) in [5.74, 6) is -3.06. The summed E-state index contributed by atoms with van der Waals surface area (Å²) in [5, 5.41) is 16.1. The average Bonchev–Trinajstić information content (AvgIpc) is 1.80. The van der Waals surface area contributed by atoms with Gasteiger partial charge >= 0.3 is 12.1 Å². The van der Waals surface area contributed by atoms with Crippen molar-refractivity contribution in [3.05, 3.63) is 11.8 Å². The maximum absolute atomic E-state index is 11.3. The van der Waals surface area contributed by atoms with Crippen molar-refractivity contribution in [2.24, 2.45) is 0 Å². The standard InChI is InChI=1S/C5H5F3O3/c6-5(7,8)2-1-3(9)4(10)11/h1,9H,2H2,(H,10,11). The summed E-state index contributed by atoms with van der Waals surface area (Å²) in [6.07, 6.45) is -5.73. The van der Waals surface area contributed by atoms with Gasteiger partial charge in [-0.15, -0.1) is 0 Å². The van der Waals surface area contributed by atoms with Gasteiger partial charge in [-0.05, 0) is 6.08 Å². The van der Waals surface area contributed by atoms with Crippen LogP contribution in [-0.2, 0) is 4.79 Å². The predicted molar refractivity (Wildman–Crippen MR) is 29.0 cm³/mol. The van der Waals surface area contributed by atoms with Crippen LogP contribution in [0.25, 0.3) is 0 Å². The van der Waals surface area contributed by atoms with Crippen LogP contribution in [0, 0.1) is 0 Å². The van der Waals surface area contributed by atoms with E-state index >= 15 is 0 Å². The third-order valence-electron chi connectivity index (χ3n) is 0.746. The second kappa shape index (κ2) is 3.27. The highest BCUT2D eigenvalue weighted by Gasteiger charge is 2.26. The van der Waals surface area contributed by atoms with Crippen molar-refractivity contribution in [1.29, 1.82) is 0 Å². The number of carbonyl (C=O) groups is 1.